The van der Waals surface area contributed by atoms with Gasteiger partial charge in [0.15, 0.2) is 11.6 Å². The molecule has 11 heteroatoms. The third-order valence-corrected chi connectivity index (χ3v) is 8.62. The van der Waals surface area contributed by atoms with Crippen LogP contribution in [0.3, 0.4) is 0 Å². The first-order valence-corrected chi connectivity index (χ1v) is 15.2. The molecular formula is C32H38ClF2N5O3. The number of hydrogen-bond donors (Lipinski definition) is 1. The van der Waals surface area contributed by atoms with Gasteiger partial charge in [0.05, 0.1) is 17.8 Å². The molecule has 1 aliphatic heterocycles. The minimum Gasteiger partial charge on any atom is -0.444 e. The molecule has 0 spiro atoms. The lowest BCUT2D eigenvalue weighted by atomic mass is 9.89. The van der Waals surface area contributed by atoms with E-state index in [2.05, 4.69) is 15.6 Å². The number of hydrogen-bond acceptors (Lipinski definition) is 5. The number of halogens is 3. The molecule has 43 heavy (non-hydrogen) atoms. The molecule has 0 bridgehead atoms. The Hall–Kier alpha value is -3.53. The number of piperidine rings is 1. The largest absolute Gasteiger partial charge is 0.444 e. The Morgan fingerprint density at radius 1 is 1.02 bits per heavy atom. The predicted molar refractivity (Wildman–Crippen MR) is 159 cm³/mol. The fourth-order valence-corrected chi connectivity index (χ4v) is 6.22. The number of rotatable bonds is 6. The maximum Gasteiger partial charge on any atom is 0.410 e. The van der Waals surface area contributed by atoms with Crippen molar-refractivity contribution >= 4 is 23.6 Å². The summed E-state index contributed by atoms with van der Waals surface area (Å²) in [6.45, 7) is 8.21. The molecule has 2 heterocycles. The second-order valence-electron chi connectivity index (χ2n) is 12.7. The van der Waals surface area contributed by atoms with Gasteiger partial charge in [0, 0.05) is 35.6 Å². The summed E-state index contributed by atoms with van der Waals surface area (Å²) in [6.07, 6.45) is 5.25. The van der Waals surface area contributed by atoms with Gasteiger partial charge >= 0.3 is 6.09 Å². The van der Waals surface area contributed by atoms with Crippen molar-refractivity contribution in [1.29, 1.82) is 0 Å². The molecule has 2 aromatic carbocycles. The van der Waals surface area contributed by atoms with Gasteiger partial charge in [0.2, 0.25) is 5.91 Å². The zero-order valence-corrected chi connectivity index (χ0v) is 25.7. The van der Waals surface area contributed by atoms with Gasteiger partial charge in [-0.1, -0.05) is 35.0 Å². The van der Waals surface area contributed by atoms with Crippen LogP contribution in [0.25, 0.3) is 0 Å². The smallest absolute Gasteiger partial charge is 0.410 e. The van der Waals surface area contributed by atoms with Crippen LogP contribution in [-0.2, 0) is 9.53 Å². The van der Waals surface area contributed by atoms with Crippen molar-refractivity contribution < 1.29 is 23.1 Å². The van der Waals surface area contributed by atoms with Crippen LogP contribution in [0.15, 0.2) is 48.7 Å². The molecule has 8 nitrogen and oxygen atoms in total. The Morgan fingerprint density at radius 2 is 1.74 bits per heavy atom. The predicted octanol–water partition coefficient (Wildman–Crippen LogP) is 6.96. The van der Waals surface area contributed by atoms with Gasteiger partial charge in [-0.05, 0) is 95.2 Å². The maximum atomic E-state index is 14.1. The maximum absolute atomic E-state index is 14.1. The van der Waals surface area contributed by atoms with E-state index >= 15 is 0 Å². The van der Waals surface area contributed by atoms with Crippen molar-refractivity contribution in [3.05, 3.63) is 82.1 Å². The zero-order valence-electron chi connectivity index (χ0n) is 24.9. The molecule has 0 radical (unpaired) electrons. The van der Waals surface area contributed by atoms with E-state index < -0.39 is 23.3 Å². The summed E-state index contributed by atoms with van der Waals surface area (Å²) in [5.74, 6) is -2.16. The van der Waals surface area contributed by atoms with E-state index in [9.17, 15) is 18.4 Å². The van der Waals surface area contributed by atoms with Crippen LogP contribution in [-0.4, -0.2) is 50.1 Å². The van der Waals surface area contributed by atoms with Crippen molar-refractivity contribution in [1.82, 2.24) is 25.2 Å². The first-order chi connectivity index (χ1) is 20.4. The highest BCUT2D eigenvalue weighted by atomic mass is 35.5. The summed E-state index contributed by atoms with van der Waals surface area (Å²) in [4.78, 5) is 27.9. The first-order valence-electron chi connectivity index (χ1n) is 14.8. The van der Waals surface area contributed by atoms with E-state index in [0.717, 1.165) is 37.1 Å². The number of carbonyl (C=O) groups excluding carboxylic acids is 2. The fraction of sp³-hybridized carbons (Fsp3) is 0.500. The molecule has 1 saturated carbocycles. The molecular weight excluding hydrogens is 576 g/mol. The number of carbonyl (C=O) groups is 2. The van der Waals surface area contributed by atoms with E-state index in [-0.39, 0.29) is 35.9 Å². The monoisotopic (exact) mass is 613 g/mol. The lowest BCUT2D eigenvalue weighted by molar-refractivity contribution is -0.125. The molecule has 1 N–H and O–H groups in total. The lowest BCUT2D eigenvalue weighted by Crippen LogP contribution is -2.46. The van der Waals surface area contributed by atoms with Crippen molar-refractivity contribution in [3.8, 4) is 0 Å². The Kier molecular flexibility index (Phi) is 9.06. The van der Waals surface area contributed by atoms with Crippen LogP contribution in [0.1, 0.15) is 94.6 Å². The highest BCUT2D eigenvalue weighted by Gasteiger charge is 2.36. The first kappa shape index (κ1) is 30.9. The summed E-state index contributed by atoms with van der Waals surface area (Å²) >= 11 is 6.06. The summed E-state index contributed by atoms with van der Waals surface area (Å²) < 4.78 is 35.2. The van der Waals surface area contributed by atoms with E-state index in [0.29, 0.717) is 35.5 Å². The number of aromatic nitrogens is 3. The summed E-state index contributed by atoms with van der Waals surface area (Å²) in [5, 5.41) is 12.5. The molecule has 1 aliphatic carbocycles. The topological polar surface area (TPSA) is 89.4 Å². The minimum absolute atomic E-state index is 0.0153. The van der Waals surface area contributed by atoms with E-state index in [4.69, 9.17) is 16.3 Å². The van der Waals surface area contributed by atoms with Crippen LogP contribution in [0.2, 0.25) is 5.02 Å². The summed E-state index contributed by atoms with van der Waals surface area (Å²) in [7, 11) is 0. The van der Waals surface area contributed by atoms with E-state index in [1.165, 1.54) is 6.07 Å². The average molecular weight is 614 g/mol. The van der Waals surface area contributed by atoms with Crippen LogP contribution in [0.5, 0.6) is 0 Å². The van der Waals surface area contributed by atoms with Gasteiger partial charge in [0.25, 0.3) is 0 Å². The van der Waals surface area contributed by atoms with Crippen molar-refractivity contribution in [3.63, 3.8) is 0 Å². The van der Waals surface area contributed by atoms with Crippen LogP contribution >= 0.6 is 11.6 Å². The molecule has 5 unspecified atom stereocenters. The Bertz CT molecular complexity index is 1460. The zero-order chi connectivity index (χ0) is 30.9. The van der Waals surface area contributed by atoms with Gasteiger partial charge in [-0.3, -0.25) is 4.79 Å². The van der Waals surface area contributed by atoms with Gasteiger partial charge in [-0.25, -0.2) is 18.3 Å². The van der Waals surface area contributed by atoms with E-state index in [1.807, 2.05) is 38.6 Å². The molecule has 2 amide bonds. The van der Waals surface area contributed by atoms with Crippen LogP contribution < -0.4 is 5.32 Å². The quantitative estimate of drug-likeness (QED) is 0.325. The molecule has 2 fully saturated rings. The normalized spacial score (nSPS) is 23.2. The van der Waals surface area contributed by atoms with Gasteiger partial charge in [-0.15, -0.1) is 5.10 Å². The Morgan fingerprint density at radius 3 is 2.42 bits per heavy atom. The van der Waals surface area contributed by atoms with Crippen molar-refractivity contribution in [2.45, 2.75) is 89.4 Å². The van der Waals surface area contributed by atoms with Gasteiger partial charge in [-0.2, -0.15) is 0 Å². The number of nitrogens with one attached hydrogen (secondary N) is 1. The SMILES string of the molecule is CC1CC(c2cn(C3CCC(C(=O)NC(c4ccc(Cl)cc4)c4ccc(F)c(F)c4)C3)nn2)CCN1C(=O)OC(C)(C)C. The lowest BCUT2D eigenvalue weighted by Gasteiger charge is -2.37. The molecule has 3 aromatic rings. The molecule has 2 aliphatic rings. The van der Waals surface area contributed by atoms with Crippen molar-refractivity contribution in [2.75, 3.05) is 6.54 Å². The number of amides is 2. The Labute approximate surface area is 255 Å². The third kappa shape index (κ3) is 7.34. The van der Waals surface area contributed by atoms with Gasteiger partial charge < -0.3 is 15.0 Å². The minimum atomic E-state index is -0.974. The van der Waals surface area contributed by atoms with Crippen LogP contribution in [0.4, 0.5) is 13.6 Å². The fourth-order valence-electron chi connectivity index (χ4n) is 6.09. The number of ether oxygens (including phenoxy) is 1. The third-order valence-electron chi connectivity index (χ3n) is 8.37. The summed E-state index contributed by atoms with van der Waals surface area (Å²) in [5.41, 5.74) is 1.51. The van der Waals surface area contributed by atoms with Crippen molar-refractivity contribution in [2.24, 2.45) is 5.92 Å². The standard InChI is InChI=1S/C32H38ClF2N5O3/c1-19-15-21(13-14-39(19)31(42)43-32(2,3)4)28-18-40(38-37-28)25-11-7-23(16-25)30(41)36-29(20-5-9-24(33)10-6-20)22-8-12-26(34)27(35)17-22/h5-6,8-10,12,17-19,21,23,25,29H,7,11,13-16H2,1-4H3,(H,36,41). The van der Waals surface area contributed by atoms with E-state index in [1.54, 1.807) is 29.2 Å². The second kappa shape index (κ2) is 12.6. The summed E-state index contributed by atoms with van der Waals surface area (Å²) in [6, 6.07) is 9.96. The highest BCUT2D eigenvalue weighted by molar-refractivity contribution is 6.30. The number of benzene rings is 2. The molecule has 1 saturated heterocycles. The molecule has 5 atom stereocenters. The molecule has 1 aromatic heterocycles. The Balaban J connectivity index is 1.22. The van der Waals surface area contributed by atoms with Gasteiger partial charge in [0.1, 0.15) is 5.60 Å². The second-order valence-corrected chi connectivity index (χ2v) is 13.1. The average Bonchev–Trinajstić information content (AvgIpc) is 3.63. The molecule has 5 rings (SSSR count). The van der Waals surface area contributed by atoms with Crippen LogP contribution in [0, 0.1) is 17.6 Å². The number of nitrogens with zero attached hydrogens (tertiary/aromatic N) is 4. The highest BCUT2D eigenvalue weighted by Crippen LogP contribution is 2.37. The molecule has 230 valence electrons. The number of likely N-dealkylation sites (tertiary alicyclic amines) is 1.